The first kappa shape index (κ1) is 13.1. The minimum absolute atomic E-state index is 0.0237. The zero-order chi connectivity index (χ0) is 13.7. The maximum absolute atomic E-state index is 12.5. The Balaban J connectivity index is 1.95. The van der Waals surface area contributed by atoms with Crippen LogP contribution in [0.4, 0.5) is 0 Å². The lowest BCUT2D eigenvalue weighted by Gasteiger charge is -2.30. The molecule has 4 atom stereocenters. The van der Waals surface area contributed by atoms with Crippen molar-refractivity contribution in [2.45, 2.75) is 50.8 Å². The average Bonchev–Trinajstić information content (AvgIpc) is 2.79. The lowest BCUT2D eigenvalue weighted by Crippen LogP contribution is -2.42. The molecule has 19 heavy (non-hydrogen) atoms. The standard InChI is InChI=1S/C14H18ClNO3/c1-7-9(4-5-15)14(19)16-11-6-8(17)2-3-10(11)13(18)12(7)16/h10-13,18H,2-6H2,1H3. The Morgan fingerprint density at radius 3 is 2.84 bits per heavy atom. The predicted octanol–water partition coefficient (Wildman–Crippen LogP) is 1.25. The first-order valence-corrected chi connectivity index (χ1v) is 7.37. The van der Waals surface area contributed by atoms with Crippen molar-refractivity contribution in [3.63, 3.8) is 0 Å². The van der Waals surface area contributed by atoms with E-state index in [1.807, 2.05) is 6.92 Å². The number of carbonyl (C=O) groups is 2. The molecule has 1 aliphatic carbocycles. The van der Waals surface area contributed by atoms with E-state index in [0.717, 1.165) is 11.1 Å². The first-order valence-electron chi connectivity index (χ1n) is 6.84. The van der Waals surface area contributed by atoms with E-state index >= 15 is 0 Å². The van der Waals surface area contributed by atoms with Crippen molar-refractivity contribution in [3.05, 3.63) is 11.1 Å². The highest BCUT2D eigenvalue weighted by Gasteiger charge is 2.56. The summed E-state index contributed by atoms with van der Waals surface area (Å²) in [5.74, 6) is 0.635. The van der Waals surface area contributed by atoms with Crippen LogP contribution in [0.15, 0.2) is 11.1 Å². The average molecular weight is 284 g/mol. The monoisotopic (exact) mass is 283 g/mol. The summed E-state index contributed by atoms with van der Waals surface area (Å²) >= 11 is 5.74. The summed E-state index contributed by atoms with van der Waals surface area (Å²) in [7, 11) is 0. The number of fused-ring (bicyclic) bond motifs is 3. The molecular formula is C14H18ClNO3. The number of alkyl halides is 1. The van der Waals surface area contributed by atoms with Crippen LogP contribution in [0.3, 0.4) is 0 Å². The van der Waals surface area contributed by atoms with Crippen LogP contribution < -0.4 is 0 Å². The maximum atomic E-state index is 12.5. The molecule has 1 saturated carbocycles. The molecule has 1 amide bonds. The van der Waals surface area contributed by atoms with Gasteiger partial charge in [0.2, 0.25) is 0 Å². The van der Waals surface area contributed by atoms with Crippen LogP contribution >= 0.6 is 11.6 Å². The van der Waals surface area contributed by atoms with Crippen LogP contribution in [-0.2, 0) is 9.59 Å². The molecule has 0 aromatic heterocycles. The van der Waals surface area contributed by atoms with Crippen LogP contribution in [0.2, 0.25) is 0 Å². The summed E-state index contributed by atoms with van der Waals surface area (Å²) in [6.07, 6.45) is 1.63. The van der Waals surface area contributed by atoms with Gasteiger partial charge in [-0.05, 0) is 25.3 Å². The van der Waals surface area contributed by atoms with Crippen LogP contribution in [0.5, 0.6) is 0 Å². The van der Waals surface area contributed by atoms with Crippen LogP contribution in [0.25, 0.3) is 0 Å². The maximum Gasteiger partial charge on any atom is 0.250 e. The molecular weight excluding hydrogens is 266 g/mol. The van der Waals surface area contributed by atoms with Crippen LogP contribution in [0, 0.1) is 5.92 Å². The number of halogens is 1. The van der Waals surface area contributed by atoms with Crippen LogP contribution in [0.1, 0.15) is 32.6 Å². The number of nitrogens with zero attached hydrogens (tertiary/aromatic N) is 1. The van der Waals surface area contributed by atoms with Gasteiger partial charge in [-0.1, -0.05) is 0 Å². The second-order valence-electron chi connectivity index (χ2n) is 5.76. The Morgan fingerprint density at radius 1 is 1.42 bits per heavy atom. The van der Waals surface area contributed by atoms with E-state index in [1.54, 1.807) is 4.90 Å². The second-order valence-corrected chi connectivity index (χ2v) is 6.14. The van der Waals surface area contributed by atoms with Crippen molar-refractivity contribution in [3.8, 4) is 0 Å². The summed E-state index contributed by atoms with van der Waals surface area (Å²) in [4.78, 5) is 25.9. The second kappa shape index (κ2) is 4.60. The number of aliphatic hydroxyl groups excluding tert-OH is 1. The van der Waals surface area contributed by atoms with Gasteiger partial charge in [0.1, 0.15) is 5.78 Å². The normalized spacial score (nSPS) is 37.9. The number of rotatable bonds is 2. The molecule has 2 heterocycles. The molecule has 3 aliphatic rings. The molecule has 104 valence electrons. The molecule has 3 rings (SSSR count). The molecule has 0 aromatic carbocycles. The largest absolute Gasteiger partial charge is 0.390 e. The van der Waals surface area contributed by atoms with E-state index in [1.165, 1.54) is 0 Å². The molecule has 2 aliphatic heterocycles. The topological polar surface area (TPSA) is 57.6 Å². The molecule has 0 bridgehead atoms. The van der Waals surface area contributed by atoms with E-state index < -0.39 is 6.10 Å². The lowest BCUT2D eigenvalue weighted by molar-refractivity contribution is -0.130. The predicted molar refractivity (Wildman–Crippen MR) is 70.8 cm³/mol. The summed E-state index contributed by atoms with van der Waals surface area (Å²) in [6, 6.07) is -0.344. The molecule has 4 unspecified atom stereocenters. The van der Waals surface area contributed by atoms with E-state index in [4.69, 9.17) is 11.6 Å². The van der Waals surface area contributed by atoms with E-state index in [0.29, 0.717) is 31.6 Å². The van der Waals surface area contributed by atoms with Gasteiger partial charge in [0.05, 0.1) is 12.1 Å². The third-order valence-electron chi connectivity index (χ3n) is 4.86. The Morgan fingerprint density at radius 2 is 2.16 bits per heavy atom. The zero-order valence-corrected chi connectivity index (χ0v) is 11.7. The number of Topliss-reactive ketones (excluding diaryl/α,β-unsaturated/α-hetero) is 1. The van der Waals surface area contributed by atoms with Crippen LogP contribution in [-0.4, -0.2) is 45.8 Å². The molecule has 1 saturated heterocycles. The molecule has 0 aromatic rings. The molecule has 0 spiro atoms. The lowest BCUT2D eigenvalue weighted by atomic mass is 9.81. The van der Waals surface area contributed by atoms with Crippen molar-refractivity contribution in [2.75, 3.05) is 5.88 Å². The fraction of sp³-hybridized carbons (Fsp3) is 0.714. The van der Waals surface area contributed by atoms with E-state index in [2.05, 4.69) is 0 Å². The molecule has 0 radical (unpaired) electrons. The van der Waals surface area contributed by atoms with Crippen molar-refractivity contribution in [2.24, 2.45) is 5.92 Å². The molecule has 2 fully saturated rings. The summed E-state index contributed by atoms with van der Waals surface area (Å²) in [5, 5.41) is 10.5. The Bertz CT molecular complexity index is 473. The van der Waals surface area contributed by atoms with Crippen molar-refractivity contribution < 1.29 is 14.7 Å². The molecule has 5 heteroatoms. The van der Waals surface area contributed by atoms with Crippen molar-refractivity contribution in [1.29, 1.82) is 0 Å². The molecule has 1 N–H and O–H groups in total. The third-order valence-corrected chi connectivity index (χ3v) is 5.05. The van der Waals surface area contributed by atoms with Gasteiger partial charge in [-0.3, -0.25) is 9.59 Å². The Hall–Kier alpha value is -0.870. The number of hydrogen-bond acceptors (Lipinski definition) is 3. The van der Waals surface area contributed by atoms with Gasteiger partial charge in [-0.2, -0.15) is 0 Å². The van der Waals surface area contributed by atoms with E-state index in [9.17, 15) is 14.7 Å². The zero-order valence-electron chi connectivity index (χ0n) is 10.9. The highest BCUT2D eigenvalue weighted by Crippen LogP contribution is 2.46. The smallest absolute Gasteiger partial charge is 0.250 e. The fourth-order valence-electron chi connectivity index (χ4n) is 3.96. The number of hydrogen-bond donors (Lipinski definition) is 1. The van der Waals surface area contributed by atoms with E-state index in [-0.39, 0.29) is 29.7 Å². The molecule has 4 nitrogen and oxygen atoms in total. The fourth-order valence-corrected chi connectivity index (χ4v) is 4.15. The summed E-state index contributed by atoms with van der Waals surface area (Å²) in [6.45, 7) is 1.91. The van der Waals surface area contributed by atoms with Gasteiger partial charge in [-0.25, -0.2) is 0 Å². The number of carbonyl (C=O) groups excluding carboxylic acids is 2. The highest BCUT2D eigenvalue weighted by atomic mass is 35.5. The summed E-state index contributed by atoms with van der Waals surface area (Å²) in [5.41, 5.74) is 1.68. The van der Waals surface area contributed by atoms with Gasteiger partial charge >= 0.3 is 0 Å². The number of ketones is 1. The van der Waals surface area contributed by atoms with Crippen molar-refractivity contribution in [1.82, 2.24) is 4.90 Å². The van der Waals surface area contributed by atoms with Gasteiger partial charge in [-0.15, -0.1) is 11.6 Å². The minimum Gasteiger partial charge on any atom is -0.390 e. The Labute approximate surface area is 117 Å². The van der Waals surface area contributed by atoms with Gasteiger partial charge in [0, 0.05) is 36.3 Å². The quantitative estimate of drug-likeness (QED) is 0.776. The van der Waals surface area contributed by atoms with Crippen molar-refractivity contribution >= 4 is 23.3 Å². The SMILES string of the molecule is CC1=C(CCCl)C(=O)N2C3CC(=O)CCC3C(O)C12. The number of aliphatic hydroxyl groups is 1. The Kier molecular flexibility index (Phi) is 3.18. The van der Waals surface area contributed by atoms with Gasteiger partial charge in [0.25, 0.3) is 5.91 Å². The van der Waals surface area contributed by atoms with Gasteiger partial charge < -0.3 is 10.0 Å². The summed E-state index contributed by atoms with van der Waals surface area (Å²) < 4.78 is 0. The first-order chi connectivity index (χ1) is 9.06. The highest BCUT2D eigenvalue weighted by molar-refractivity contribution is 6.18. The van der Waals surface area contributed by atoms with Gasteiger partial charge in [0.15, 0.2) is 0 Å². The number of amides is 1. The minimum atomic E-state index is -0.533. The third kappa shape index (κ3) is 1.77.